The van der Waals surface area contributed by atoms with Crippen LogP contribution in [0.15, 0.2) is 78.9 Å². The molecule has 1 saturated heterocycles. The van der Waals surface area contributed by atoms with E-state index in [9.17, 15) is 9.59 Å². The molecule has 1 aliphatic carbocycles. The molecule has 0 bridgehead atoms. The number of methoxy groups -OCH3 is 2. The summed E-state index contributed by atoms with van der Waals surface area (Å²) in [6.07, 6.45) is 0. The number of rotatable bonds is 4. The molecule has 0 spiro atoms. The predicted octanol–water partition coefficient (Wildman–Crippen LogP) is 3.72. The zero-order valence-corrected chi connectivity index (χ0v) is 18.8. The van der Waals surface area contributed by atoms with E-state index in [-0.39, 0.29) is 6.73 Å². The second kappa shape index (κ2) is 7.83. The fourth-order valence-corrected chi connectivity index (χ4v) is 5.46. The normalized spacial score (nSPS) is 22.9. The van der Waals surface area contributed by atoms with Crippen molar-refractivity contribution < 1.29 is 23.8 Å². The lowest BCUT2D eigenvalue weighted by Gasteiger charge is -2.43. The highest BCUT2D eigenvalue weighted by Crippen LogP contribution is 2.56. The summed E-state index contributed by atoms with van der Waals surface area (Å²) in [7, 11) is 2.61. The Morgan fingerprint density at radius 3 is 1.94 bits per heavy atom. The molecule has 3 aromatic carbocycles. The summed E-state index contributed by atoms with van der Waals surface area (Å²) in [5, 5.41) is 0. The Kier molecular flexibility index (Phi) is 5.07. The minimum absolute atomic E-state index is 0.0307. The van der Waals surface area contributed by atoms with Gasteiger partial charge >= 0.3 is 11.9 Å². The smallest absolute Gasteiger partial charge is 0.340 e. The van der Waals surface area contributed by atoms with Crippen LogP contribution in [0.4, 0.5) is 0 Å². The molecule has 1 aliphatic heterocycles. The number of carbonyl (C=O) groups is 2. The molecule has 2 aliphatic rings. The van der Waals surface area contributed by atoms with E-state index in [1.165, 1.54) is 14.2 Å². The van der Waals surface area contributed by atoms with Gasteiger partial charge in [-0.1, -0.05) is 78.9 Å². The first-order valence-corrected chi connectivity index (χ1v) is 10.8. The number of carbonyl (C=O) groups excluding carboxylic acids is 2. The Balaban J connectivity index is 1.86. The van der Waals surface area contributed by atoms with Crippen molar-refractivity contribution in [3.8, 4) is 11.1 Å². The fourth-order valence-electron chi connectivity index (χ4n) is 5.46. The van der Waals surface area contributed by atoms with Crippen molar-refractivity contribution in [3.05, 3.63) is 95.6 Å². The highest BCUT2D eigenvalue weighted by molar-refractivity contribution is 5.91. The van der Waals surface area contributed by atoms with E-state index >= 15 is 0 Å². The Hall–Kier alpha value is -3.48. The average Bonchev–Trinajstić information content (AvgIpc) is 3.38. The van der Waals surface area contributed by atoms with Crippen molar-refractivity contribution in [1.29, 1.82) is 0 Å². The SMILES string of the molecule is COC(=O)[C@H]1N(C2(c3ccccc3)c3ccccc3-c3ccccc32)CO[C@@]1(C)C(=O)OC. The highest BCUT2D eigenvalue weighted by atomic mass is 16.6. The molecular formula is C27H25NO5. The van der Waals surface area contributed by atoms with E-state index in [1.54, 1.807) is 6.92 Å². The fraction of sp³-hybridized carbons (Fsp3) is 0.259. The summed E-state index contributed by atoms with van der Waals surface area (Å²) < 4.78 is 16.3. The first kappa shape index (κ1) is 21.4. The molecule has 6 nitrogen and oxygen atoms in total. The van der Waals surface area contributed by atoms with Gasteiger partial charge in [0.2, 0.25) is 0 Å². The molecule has 3 aromatic rings. The third-order valence-electron chi connectivity index (χ3n) is 6.90. The average molecular weight is 443 g/mol. The second-order valence-corrected chi connectivity index (χ2v) is 8.44. The lowest BCUT2D eigenvalue weighted by Crippen LogP contribution is -2.59. The first-order valence-electron chi connectivity index (χ1n) is 10.8. The van der Waals surface area contributed by atoms with Crippen molar-refractivity contribution in [2.45, 2.75) is 24.1 Å². The summed E-state index contributed by atoms with van der Waals surface area (Å²) in [5.41, 5.74) is 2.75. The van der Waals surface area contributed by atoms with Crippen LogP contribution in [0.2, 0.25) is 0 Å². The Bertz CT molecular complexity index is 1180. The lowest BCUT2D eigenvalue weighted by molar-refractivity contribution is -0.169. The Morgan fingerprint density at radius 1 is 0.848 bits per heavy atom. The topological polar surface area (TPSA) is 65.1 Å². The summed E-state index contributed by atoms with van der Waals surface area (Å²) in [6, 6.07) is 25.3. The summed E-state index contributed by atoms with van der Waals surface area (Å²) in [4.78, 5) is 28.1. The molecule has 0 unspecified atom stereocenters. The second-order valence-electron chi connectivity index (χ2n) is 8.44. The van der Waals surface area contributed by atoms with E-state index in [0.29, 0.717) is 0 Å². The number of esters is 2. The molecule has 1 heterocycles. The van der Waals surface area contributed by atoms with Gasteiger partial charge in [-0.2, -0.15) is 0 Å². The molecule has 33 heavy (non-hydrogen) atoms. The van der Waals surface area contributed by atoms with Crippen LogP contribution in [0.3, 0.4) is 0 Å². The van der Waals surface area contributed by atoms with Crippen LogP contribution in [0.25, 0.3) is 11.1 Å². The molecule has 6 heteroatoms. The number of fused-ring (bicyclic) bond motifs is 3. The predicted molar refractivity (Wildman–Crippen MR) is 122 cm³/mol. The molecule has 5 rings (SSSR count). The maximum Gasteiger partial charge on any atom is 0.340 e. The van der Waals surface area contributed by atoms with Gasteiger partial charge in [0.15, 0.2) is 11.6 Å². The maximum absolute atomic E-state index is 13.3. The van der Waals surface area contributed by atoms with Crippen molar-refractivity contribution in [1.82, 2.24) is 4.90 Å². The van der Waals surface area contributed by atoms with Crippen LogP contribution >= 0.6 is 0 Å². The first-order chi connectivity index (χ1) is 16.0. The van der Waals surface area contributed by atoms with E-state index in [1.807, 2.05) is 59.5 Å². The Labute approximate surface area is 192 Å². The lowest BCUT2D eigenvalue weighted by atomic mass is 9.77. The number of nitrogens with zero attached hydrogens (tertiary/aromatic N) is 1. The van der Waals surface area contributed by atoms with Crippen LogP contribution in [0, 0.1) is 0 Å². The van der Waals surface area contributed by atoms with E-state index in [4.69, 9.17) is 14.2 Å². The van der Waals surface area contributed by atoms with Crippen LogP contribution < -0.4 is 0 Å². The van der Waals surface area contributed by atoms with Gasteiger partial charge in [0.25, 0.3) is 0 Å². The molecule has 0 radical (unpaired) electrons. The standard InChI is InChI=1S/C27H25NO5/c1-26(25(30)32-3)23(24(29)31-2)28(17-33-26)27(18-11-5-4-6-12-18)21-15-9-7-13-19(21)20-14-8-10-16-22(20)27/h4-16,23H,17H2,1-3H3/t23-,26-/m1/s1. The zero-order chi connectivity index (χ0) is 23.2. The molecule has 2 atom stereocenters. The Morgan fingerprint density at radius 2 is 1.39 bits per heavy atom. The van der Waals surface area contributed by atoms with Crippen LogP contribution in [0.5, 0.6) is 0 Å². The van der Waals surface area contributed by atoms with Crippen molar-refractivity contribution in [2.24, 2.45) is 0 Å². The molecular weight excluding hydrogens is 418 g/mol. The quantitative estimate of drug-likeness (QED) is 0.573. The van der Waals surface area contributed by atoms with Gasteiger partial charge in [0, 0.05) is 0 Å². The van der Waals surface area contributed by atoms with Gasteiger partial charge in [-0.05, 0) is 34.7 Å². The minimum Gasteiger partial charge on any atom is -0.468 e. The third-order valence-corrected chi connectivity index (χ3v) is 6.90. The molecule has 1 fully saturated rings. The van der Waals surface area contributed by atoms with Gasteiger partial charge < -0.3 is 14.2 Å². The maximum atomic E-state index is 13.3. The monoisotopic (exact) mass is 443 g/mol. The summed E-state index contributed by atoms with van der Waals surface area (Å²) in [6.45, 7) is 1.62. The number of benzene rings is 3. The highest BCUT2D eigenvalue weighted by Gasteiger charge is 2.63. The van der Waals surface area contributed by atoms with Crippen molar-refractivity contribution >= 4 is 11.9 Å². The van der Waals surface area contributed by atoms with Gasteiger partial charge in [-0.25, -0.2) is 9.69 Å². The van der Waals surface area contributed by atoms with Gasteiger partial charge in [0.1, 0.15) is 12.3 Å². The van der Waals surface area contributed by atoms with Crippen LogP contribution in [-0.2, 0) is 29.3 Å². The van der Waals surface area contributed by atoms with Crippen molar-refractivity contribution in [2.75, 3.05) is 21.0 Å². The van der Waals surface area contributed by atoms with Crippen LogP contribution in [0.1, 0.15) is 23.6 Å². The molecule has 168 valence electrons. The largest absolute Gasteiger partial charge is 0.468 e. The molecule has 0 amide bonds. The third kappa shape index (κ3) is 2.81. The minimum atomic E-state index is -1.53. The van der Waals surface area contributed by atoms with Gasteiger partial charge in [0.05, 0.1) is 14.2 Å². The molecule has 0 N–H and O–H groups in total. The van der Waals surface area contributed by atoms with Crippen molar-refractivity contribution in [3.63, 3.8) is 0 Å². The number of hydrogen-bond acceptors (Lipinski definition) is 6. The van der Waals surface area contributed by atoms with Gasteiger partial charge in [-0.3, -0.25) is 4.79 Å². The zero-order valence-electron chi connectivity index (χ0n) is 18.8. The van der Waals surface area contributed by atoms with E-state index in [2.05, 4.69) is 24.3 Å². The van der Waals surface area contributed by atoms with Gasteiger partial charge in [-0.15, -0.1) is 0 Å². The summed E-state index contributed by atoms with van der Waals surface area (Å²) in [5.74, 6) is -1.18. The summed E-state index contributed by atoms with van der Waals surface area (Å²) >= 11 is 0. The van der Waals surface area contributed by atoms with E-state index < -0.39 is 29.1 Å². The van der Waals surface area contributed by atoms with E-state index in [0.717, 1.165) is 27.8 Å². The molecule has 0 aromatic heterocycles. The number of ether oxygens (including phenoxy) is 3. The number of hydrogen-bond donors (Lipinski definition) is 0. The van der Waals surface area contributed by atoms with Crippen LogP contribution in [-0.4, -0.2) is 49.4 Å². The molecule has 0 saturated carbocycles.